The van der Waals surface area contributed by atoms with Gasteiger partial charge in [-0.2, -0.15) is 9.64 Å². The van der Waals surface area contributed by atoms with Crippen LogP contribution in [-0.2, 0) is 0 Å². The molecule has 0 amide bonds. The van der Waals surface area contributed by atoms with Crippen molar-refractivity contribution in [3.8, 4) is 6.07 Å². The van der Waals surface area contributed by atoms with Crippen molar-refractivity contribution in [3.63, 3.8) is 0 Å². The van der Waals surface area contributed by atoms with E-state index < -0.39 is 0 Å². The van der Waals surface area contributed by atoms with E-state index >= 15 is 0 Å². The van der Waals surface area contributed by atoms with Crippen molar-refractivity contribution in [2.24, 2.45) is 0 Å². The fourth-order valence-electron chi connectivity index (χ4n) is 2.57. The largest absolute Gasteiger partial charge is 0.297 e. The van der Waals surface area contributed by atoms with Gasteiger partial charge in [0.2, 0.25) is 0 Å². The molecule has 4 nitrogen and oxygen atoms in total. The van der Waals surface area contributed by atoms with E-state index in [4.69, 9.17) is 0 Å². The summed E-state index contributed by atoms with van der Waals surface area (Å²) in [5.41, 5.74) is -0.290. The topological polar surface area (TPSA) is 61.6 Å². The second kappa shape index (κ2) is 5.16. The van der Waals surface area contributed by atoms with E-state index in [0.717, 1.165) is 23.6 Å². The molecule has 1 heterocycles. The molecule has 0 radical (unpaired) electrons. The molecule has 6 heteroatoms. The summed E-state index contributed by atoms with van der Waals surface area (Å²) in [5.74, 6) is 0. The number of nitrogens with zero attached hydrogens (tertiary/aromatic N) is 3. The SMILES string of the molecule is N#CC1(NC2CC2)CCCC(Sc2ncns2)C1. The van der Waals surface area contributed by atoms with E-state index in [9.17, 15) is 5.26 Å². The molecule has 2 fully saturated rings. The fourth-order valence-corrected chi connectivity index (χ4v) is 4.60. The van der Waals surface area contributed by atoms with Crippen LogP contribution in [0.4, 0.5) is 0 Å². The van der Waals surface area contributed by atoms with E-state index in [2.05, 4.69) is 20.7 Å². The fraction of sp³-hybridized carbons (Fsp3) is 0.750. The number of thioether (sulfide) groups is 1. The van der Waals surface area contributed by atoms with Crippen molar-refractivity contribution >= 4 is 23.3 Å². The predicted octanol–water partition coefficient (Wildman–Crippen LogP) is 2.59. The standard InChI is InChI=1S/C12H16N4S2/c13-7-12(16-9-3-4-9)5-1-2-10(6-12)17-11-14-8-15-18-11/h8-10,16H,1-6H2. The summed E-state index contributed by atoms with van der Waals surface area (Å²) < 4.78 is 5.06. The Morgan fingerprint density at radius 1 is 1.50 bits per heavy atom. The lowest BCUT2D eigenvalue weighted by molar-refractivity contribution is 0.301. The molecule has 2 aliphatic rings. The number of rotatable bonds is 4. The number of nitriles is 1. The van der Waals surface area contributed by atoms with E-state index in [0.29, 0.717) is 11.3 Å². The lowest BCUT2D eigenvalue weighted by atomic mass is 9.82. The Morgan fingerprint density at radius 3 is 3.06 bits per heavy atom. The van der Waals surface area contributed by atoms with Crippen molar-refractivity contribution in [2.45, 2.75) is 59.7 Å². The molecule has 0 spiro atoms. The zero-order valence-corrected chi connectivity index (χ0v) is 11.8. The molecule has 96 valence electrons. The van der Waals surface area contributed by atoms with E-state index in [1.807, 2.05) is 0 Å². The van der Waals surface area contributed by atoms with Gasteiger partial charge in [0.25, 0.3) is 0 Å². The smallest absolute Gasteiger partial charge is 0.170 e. The Hall–Kier alpha value is -0.640. The molecule has 0 bridgehead atoms. The van der Waals surface area contributed by atoms with Crippen LogP contribution in [0.3, 0.4) is 0 Å². The summed E-state index contributed by atoms with van der Waals surface area (Å²) in [6.45, 7) is 0. The van der Waals surface area contributed by atoms with E-state index in [1.165, 1.54) is 30.8 Å². The molecule has 2 saturated carbocycles. The molecule has 2 atom stereocenters. The summed E-state index contributed by atoms with van der Waals surface area (Å²) in [4.78, 5) is 4.22. The van der Waals surface area contributed by atoms with Crippen LogP contribution >= 0.6 is 23.3 Å². The highest BCUT2D eigenvalue weighted by atomic mass is 32.2. The number of nitrogens with one attached hydrogen (secondary N) is 1. The van der Waals surface area contributed by atoms with Crippen LogP contribution in [0.25, 0.3) is 0 Å². The Balaban J connectivity index is 1.64. The van der Waals surface area contributed by atoms with E-state index in [-0.39, 0.29) is 5.54 Å². The molecule has 1 aromatic heterocycles. The molecule has 18 heavy (non-hydrogen) atoms. The van der Waals surface area contributed by atoms with Crippen LogP contribution in [0.5, 0.6) is 0 Å². The van der Waals surface area contributed by atoms with Gasteiger partial charge in [-0.1, -0.05) is 11.8 Å². The van der Waals surface area contributed by atoms with Gasteiger partial charge in [0.1, 0.15) is 11.9 Å². The zero-order valence-electron chi connectivity index (χ0n) is 10.1. The molecule has 1 N–H and O–H groups in total. The van der Waals surface area contributed by atoms with Gasteiger partial charge in [-0.25, -0.2) is 4.98 Å². The minimum absolute atomic E-state index is 0.290. The monoisotopic (exact) mass is 280 g/mol. The highest BCUT2D eigenvalue weighted by Gasteiger charge is 2.40. The molecule has 2 unspecified atom stereocenters. The lowest BCUT2D eigenvalue weighted by Gasteiger charge is -2.36. The lowest BCUT2D eigenvalue weighted by Crippen LogP contribution is -2.49. The van der Waals surface area contributed by atoms with Crippen molar-refractivity contribution < 1.29 is 0 Å². The quantitative estimate of drug-likeness (QED) is 0.918. The van der Waals surface area contributed by atoms with Crippen LogP contribution in [0, 0.1) is 11.3 Å². The van der Waals surface area contributed by atoms with Gasteiger partial charge < -0.3 is 0 Å². The molecule has 1 aromatic rings. The molecule has 0 aromatic carbocycles. The molecular weight excluding hydrogens is 264 g/mol. The third kappa shape index (κ3) is 2.85. The first kappa shape index (κ1) is 12.4. The minimum atomic E-state index is -0.290. The van der Waals surface area contributed by atoms with Gasteiger partial charge in [0, 0.05) is 11.3 Å². The van der Waals surface area contributed by atoms with Gasteiger partial charge in [-0.15, -0.1) is 0 Å². The van der Waals surface area contributed by atoms with Crippen molar-refractivity contribution in [1.29, 1.82) is 5.26 Å². The highest BCUT2D eigenvalue weighted by Crippen LogP contribution is 2.39. The average molecular weight is 280 g/mol. The first-order valence-electron chi connectivity index (χ1n) is 6.42. The van der Waals surface area contributed by atoms with Crippen LogP contribution in [0.15, 0.2) is 10.7 Å². The van der Waals surface area contributed by atoms with Crippen LogP contribution in [-0.4, -0.2) is 26.2 Å². The van der Waals surface area contributed by atoms with Gasteiger partial charge in [0.05, 0.1) is 6.07 Å². The van der Waals surface area contributed by atoms with Crippen LogP contribution < -0.4 is 5.32 Å². The molecule has 0 aliphatic heterocycles. The normalized spacial score (nSPS) is 32.1. The first-order valence-corrected chi connectivity index (χ1v) is 8.07. The Labute approximate surface area is 115 Å². The maximum Gasteiger partial charge on any atom is 0.170 e. The Bertz CT molecular complexity index is 437. The number of hydrogen-bond acceptors (Lipinski definition) is 6. The predicted molar refractivity (Wildman–Crippen MR) is 72.5 cm³/mol. The number of aromatic nitrogens is 2. The second-order valence-electron chi connectivity index (χ2n) is 5.16. The molecular formula is C12H16N4S2. The van der Waals surface area contributed by atoms with Crippen molar-refractivity contribution in [3.05, 3.63) is 6.33 Å². The third-order valence-electron chi connectivity index (χ3n) is 3.59. The molecule has 3 rings (SSSR count). The van der Waals surface area contributed by atoms with Crippen LogP contribution in [0.1, 0.15) is 38.5 Å². The summed E-state index contributed by atoms with van der Waals surface area (Å²) in [7, 11) is 0. The van der Waals surface area contributed by atoms with Crippen molar-refractivity contribution in [1.82, 2.24) is 14.7 Å². The first-order chi connectivity index (χ1) is 8.80. The van der Waals surface area contributed by atoms with Gasteiger partial charge in [-0.05, 0) is 50.1 Å². The highest BCUT2D eigenvalue weighted by molar-refractivity contribution is 8.01. The molecule has 2 aliphatic carbocycles. The maximum atomic E-state index is 9.51. The van der Waals surface area contributed by atoms with Gasteiger partial charge >= 0.3 is 0 Å². The number of hydrogen-bond donors (Lipinski definition) is 1. The average Bonchev–Trinajstić information content (AvgIpc) is 3.03. The maximum absolute atomic E-state index is 9.51. The van der Waals surface area contributed by atoms with Crippen LogP contribution in [0.2, 0.25) is 0 Å². The zero-order chi connectivity index (χ0) is 12.4. The van der Waals surface area contributed by atoms with Crippen molar-refractivity contribution in [2.75, 3.05) is 0 Å². The molecule has 0 saturated heterocycles. The summed E-state index contributed by atoms with van der Waals surface area (Å²) in [6, 6.07) is 3.13. The Kier molecular flexibility index (Phi) is 3.55. The van der Waals surface area contributed by atoms with Gasteiger partial charge in [0.15, 0.2) is 4.34 Å². The summed E-state index contributed by atoms with van der Waals surface area (Å²) in [5, 5.41) is 13.6. The third-order valence-corrected chi connectivity index (χ3v) is 5.60. The van der Waals surface area contributed by atoms with E-state index in [1.54, 1.807) is 18.1 Å². The van der Waals surface area contributed by atoms with Gasteiger partial charge in [-0.3, -0.25) is 5.32 Å². The summed E-state index contributed by atoms with van der Waals surface area (Å²) in [6.07, 6.45) is 8.31. The summed E-state index contributed by atoms with van der Waals surface area (Å²) >= 11 is 3.24. The second-order valence-corrected chi connectivity index (χ2v) is 7.48. The Morgan fingerprint density at radius 2 is 2.39 bits per heavy atom. The minimum Gasteiger partial charge on any atom is -0.297 e.